The van der Waals surface area contributed by atoms with Crippen LogP contribution < -0.4 is 0 Å². The highest BCUT2D eigenvalue weighted by Crippen LogP contribution is 2.27. The van der Waals surface area contributed by atoms with Crippen LogP contribution in [0.1, 0.15) is 0 Å². The molecule has 1 heterocycles. The molecule has 34 valence electrons. The topological polar surface area (TPSA) is 0 Å². The number of rotatable bonds is 0. The van der Waals surface area contributed by atoms with Crippen LogP contribution in [0.5, 0.6) is 0 Å². The second-order valence-electron chi connectivity index (χ2n) is 1.08. The Hall–Kier alpha value is -0.790. The molecule has 1 aliphatic heterocycles. The third-order valence-electron chi connectivity index (χ3n) is 0.640. The fourth-order valence-electron chi connectivity index (χ4n) is 0.325. The molecule has 0 atom stereocenters. The van der Waals surface area contributed by atoms with E-state index in [-0.39, 0.29) is 10.9 Å². The lowest BCUT2D eigenvalue weighted by molar-refractivity contribution is 2.37. The fourth-order valence-corrected chi connectivity index (χ4v) is 0.976. The van der Waals surface area contributed by atoms with Crippen molar-refractivity contribution in [3.05, 3.63) is 22.3 Å². The molecular formula is C6H4S. The van der Waals surface area contributed by atoms with Gasteiger partial charge in [0.15, 0.2) is 0 Å². The highest BCUT2D eigenvalue weighted by atomic mass is 32.2. The summed E-state index contributed by atoms with van der Waals surface area (Å²) in [5.41, 5.74) is 5.56. The van der Waals surface area contributed by atoms with Crippen LogP contribution in [-0.4, -0.2) is 0 Å². The molecule has 0 aromatic carbocycles. The number of terminal acetylenes is 1. The lowest BCUT2D eigenvalue weighted by atomic mass is 10.9. The van der Waals surface area contributed by atoms with Gasteiger partial charge in [-0.05, 0) is 0 Å². The largest absolute Gasteiger partial charge is 0.133 e. The first-order valence-electron chi connectivity index (χ1n) is 1.86. The van der Waals surface area contributed by atoms with Crippen molar-refractivity contribution in [3.8, 4) is 11.7 Å². The molecule has 0 saturated heterocycles. The van der Waals surface area contributed by atoms with Gasteiger partial charge in [0.1, 0.15) is 0 Å². The molecule has 0 aromatic heterocycles. The summed E-state index contributed by atoms with van der Waals surface area (Å²) >= 11 is 0. The first kappa shape index (κ1) is 4.37. The Morgan fingerprint density at radius 3 is 2.29 bits per heavy atom. The van der Waals surface area contributed by atoms with Crippen molar-refractivity contribution in [2.45, 2.75) is 0 Å². The van der Waals surface area contributed by atoms with Crippen molar-refractivity contribution in [2.75, 3.05) is 0 Å². The highest BCUT2D eigenvalue weighted by Gasteiger charge is 1.85. The van der Waals surface area contributed by atoms with E-state index in [1.54, 1.807) is 0 Å². The third kappa shape index (κ3) is 0.796. The predicted octanol–water partition coefficient (Wildman–Crippen LogP) is 1.37. The first-order chi connectivity index (χ1) is 3.43. The Balaban J connectivity index is 2.82. The van der Waals surface area contributed by atoms with Crippen LogP contribution >= 0.6 is 10.9 Å². The van der Waals surface area contributed by atoms with Gasteiger partial charge in [-0.3, -0.25) is 0 Å². The van der Waals surface area contributed by atoms with E-state index in [1.807, 2.05) is 10.8 Å². The van der Waals surface area contributed by atoms with Gasteiger partial charge >= 0.3 is 0 Å². The maximum absolute atomic E-state index is 5.07. The molecule has 0 radical (unpaired) electrons. The average molecular weight is 108 g/mol. The van der Waals surface area contributed by atoms with Crippen LogP contribution in [0.4, 0.5) is 0 Å². The Labute approximate surface area is 45.6 Å². The van der Waals surface area contributed by atoms with Crippen LogP contribution in [0.15, 0.2) is 22.3 Å². The van der Waals surface area contributed by atoms with Crippen LogP contribution in [0.2, 0.25) is 0 Å². The second-order valence-corrected chi connectivity index (χ2v) is 2.67. The number of thiol groups is 1. The van der Waals surface area contributed by atoms with Crippen molar-refractivity contribution in [3.63, 3.8) is 0 Å². The Morgan fingerprint density at radius 1 is 1.43 bits per heavy atom. The van der Waals surface area contributed by atoms with E-state index < -0.39 is 0 Å². The minimum absolute atomic E-state index is 0.387. The zero-order valence-electron chi connectivity index (χ0n) is 3.68. The van der Waals surface area contributed by atoms with Gasteiger partial charge in [0.25, 0.3) is 0 Å². The average Bonchev–Trinajstić information content (AvgIpc) is 2.14. The minimum atomic E-state index is -0.387. The second kappa shape index (κ2) is 1.78. The van der Waals surface area contributed by atoms with E-state index in [2.05, 4.69) is 16.7 Å². The van der Waals surface area contributed by atoms with Crippen molar-refractivity contribution < 1.29 is 0 Å². The maximum atomic E-state index is 5.07. The van der Waals surface area contributed by atoms with Gasteiger partial charge in [-0.25, -0.2) is 0 Å². The molecule has 0 aliphatic carbocycles. The molecule has 0 nitrogen and oxygen atoms in total. The number of hydrogen-bond acceptors (Lipinski definition) is 0. The van der Waals surface area contributed by atoms with Crippen LogP contribution in [0.3, 0.4) is 0 Å². The molecule has 0 fully saturated rings. The van der Waals surface area contributed by atoms with E-state index in [0.717, 1.165) is 0 Å². The molecule has 0 bridgehead atoms. The molecule has 1 aliphatic rings. The van der Waals surface area contributed by atoms with E-state index in [9.17, 15) is 0 Å². The van der Waals surface area contributed by atoms with E-state index in [0.29, 0.717) is 0 Å². The Bertz CT molecular complexity index is 179. The fraction of sp³-hybridized carbons (Fsp3) is 0. The Kier molecular flexibility index (Phi) is 1.11. The van der Waals surface area contributed by atoms with Crippen molar-refractivity contribution in [1.82, 2.24) is 0 Å². The molecule has 0 saturated carbocycles. The van der Waals surface area contributed by atoms with Gasteiger partial charge in [-0.1, -0.05) is 16.7 Å². The molecule has 1 heteroatoms. The first-order valence-corrected chi connectivity index (χ1v) is 3.34. The van der Waals surface area contributed by atoms with Crippen LogP contribution in [-0.2, 0) is 0 Å². The standard InChI is InChI=1S/C6H4S/c1-2-7-5-3-4-6-7/h1,5-7H. The summed E-state index contributed by atoms with van der Waals surface area (Å²) < 4.78 is 0. The predicted molar refractivity (Wildman–Crippen MR) is 34.0 cm³/mol. The Morgan fingerprint density at radius 2 is 2.00 bits per heavy atom. The zero-order valence-corrected chi connectivity index (χ0v) is 4.57. The molecule has 7 heavy (non-hydrogen) atoms. The molecule has 0 aromatic rings. The summed E-state index contributed by atoms with van der Waals surface area (Å²) in [4.78, 5) is 0. The molecular weight excluding hydrogens is 104 g/mol. The van der Waals surface area contributed by atoms with Gasteiger partial charge in [0.2, 0.25) is 0 Å². The van der Waals surface area contributed by atoms with Crippen LogP contribution in [0, 0.1) is 11.7 Å². The summed E-state index contributed by atoms with van der Waals surface area (Å²) in [6.07, 6.45) is 5.07. The van der Waals surface area contributed by atoms with Crippen molar-refractivity contribution in [1.29, 1.82) is 0 Å². The van der Waals surface area contributed by atoms with Crippen LogP contribution in [0.25, 0.3) is 0 Å². The molecule has 0 N–H and O–H groups in total. The van der Waals surface area contributed by atoms with E-state index in [4.69, 9.17) is 6.42 Å². The third-order valence-corrected chi connectivity index (χ3v) is 1.75. The molecule has 1 rings (SSSR count). The normalized spacial score (nSPS) is 17.9. The van der Waals surface area contributed by atoms with Crippen molar-refractivity contribution in [2.24, 2.45) is 0 Å². The maximum Gasteiger partial charge on any atom is 0.0162 e. The lowest BCUT2D eigenvalue weighted by Crippen LogP contribution is -1.51. The van der Waals surface area contributed by atoms with E-state index >= 15 is 0 Å². The molecule has 0 amide bonds. The van der Waals surface area contributed by atoms with Crippen molar-refractivity contribution >= 4 is 10.9 Å². The smallest absolute Gasteiger partial charge is 0.0162 e. The summed E-state index contributed by atoms with van der Waals surface area (Å²) in [5, 5.41) is 6.33. The summed E-state index contributed by atoms with van der Waals surface area (Å²) in [5.74, 6) is 0. The van der Waals surface area contributed by atoms with E-state index in [1.165, 1.54) is 0 Å². The zero-order chi connectivity index (χ0) is 5.11. The number of hydrogen-bond donors (Lipinski definition) is 1. The van der Waals surface area contributed by atoms with Gasteiger partial charge in [-0.2, -0.15) is 0 Å². The monoisotopic (exact) mass is 108 g/mol. The van der Waals surface area contributed by atoms with Gasteiger partial charge in [-0.15, -0.1) is 17.3 Å². The highest BCUT2D eigenvalue weighted by molar-refractivity contribution is 8.26. The molecule has 0 unspecified atom stereocenters. The quantitative estimate of drug-likeness (QED) is 0.270. The molecule has 0 spiro atoms. The van der Waals surface area contributed by atoms with Gasteiger partial charge in [0, 0.05) is 10.8 Å². The summed E-state index contributed by atoms with van der Waals surface area (Å²) in [6, 6.07) is 0. The van der Waals surface area contributed by atoms with Gasteiger partial charge in [0.05, 0.1) is 0 Å². The summed E-state index contributed by atoms with van der Waals surface area (Å²) in [7, 11) is -0.387. The van der Waals surface area contributed by atoms with Gasteiger partial charge < -0.3 is 0 Å². The minimum Gasteiger partial charge on any atom is -0.133 e. The SMILES string of the molecule is C#C[SH]1C=C=C=C1. The summed E-state index contributed by atoms with van der Waals surface area (Å²) in [6.45, 7) is 0. The lowest BCUT2D eigenvalue weighted by Gasteiger charge is -1.90.